The Morgan fingerprint density at radius 1 is 1.38 bits per heavy atom. The number of nitrogens with one attached hydrogen (secondary N) is 1. The molecule has 0 radical (unpaired) electrons. The molecule has 0 aliphatic carbocycles. The number of hydrogen-bond donors (Lipinski definition) is 1. The van der Waals surface area contributed by atoms with Crippen LogP contribution in [0.1, 0.15) is 45.2 Å². The molecule has 4 heteroatoms. The van der Waals surface area contributed by atoms with Crippen LogP contribution in [0.4, 0.5) is 0 Å². The molecule has 1 fully saturated rings. The second kappa shape index (κ2) is 8.16. The van der Waals surface area contributed by atoms with E-state index in [2.05, 4.69) is 53.3 Å². The molecule has 0 saturated carbocycles. The smallest absolute Gasteiger partial charge is 0.120 e. The highest BCUT2D eigenvalue weighted by Crippen LogP contribution is 2.38. The molecular formula is C17H26BrNO2. The molecule has 21 heavy (non-hydrogen) atoms. The Balaban J connectivity index is 2.25. The van der Waals surface area contributed by atoms with Crippen LogP contribution in [0.15, 0.2) is 22.7 Å². The fourth-order valence-corrected chi connectivity index (χ4v) is 3.80. The van der Waals surface area contributed by atoms with Crippen LogP contribution in [0, 0.1) is 5.92 Å². The molecule has 3 nitrogen and oxygen atoms in total. The normalized spacial score (nSPS) is 23.2. The van der Waals surface area contributed by atoms with Gasteiger partial charge in [-0.3, -0.25) is 0 Å². The molecule has 0 amide bonds. The second-order valence-electron chi connectivity index (χ2n) is 5.42. The molecule has 1 heterocycles. The number of benzene rings is 1. The number of rotatable bonds is 7. The van der Waals surface area contributed by atoms with Crippen LogP contribution in [0.25, 0.3) is 0 Å². The zero-order valence-electron chi connectivity index (χ0n) is 13.2. The van der Waals surface area contributed by atoms with Crippen molar-refractivity contribution in [3.8, 4) is 5.75 Å². The third-order valence-electron chi connectivity index (χ3n) is 4.13. The molecule has 1 aromatic carbocycles. The molecule has 1 N–H and O–H groups in total. The van der Waals surface area contributed by atoms with E-state index in [1.807, 2.05) is 6.92 Å². The van der Waals surface area contributed by atoms with E-state index in [1.165, 1.54) is 5.56 Å². The van der Waals surface area contributed by atoms with Gasteiger partial charge in [0.2, 0.25) is 0 Å². The van der Waals surface area contributed by atoms with Gasteiger partial charge in [0, 0.05) is 23.0 Å². The Hall–Kier alpha value is -0.580. The molecule has 1 saturated heterocycles. The Bertz CT molecular complexity index is 452. The lowest BCUT2D eigenvalue weighted by molar-refractivity contribution is 0.0775. The van der Waals surface area contributed by atoms with Crippen molar-refractivity contribution >= 4 is 15.9 Å². The topological polar surface area (TPSA) is 30.5 Å². The number of halogens is 1. The first kappa shape index (κ1) is 16.8. The maximum absolute atomic E-state index is 5.89. The van der Waals surface area contributed by atoms with Gasteiger partial charge in [-0.05, 0) is 44.0 Å². The van der Waals surface area contributed by atoms with Crippen LogP contribution in [-0.4, -0.2) is 25.9 Å². The summed E-state index contributed by atoms with van der Waals surface area (Å²) in [5, 5.41) is 3.65. The average Bonchev–Trinajstić information content (AvgIpc) is 2.94. The van der Waals surface area contributed by atoms with Crippen molar-refractivity contribution in [3.63, 3.8) is 0 Å². The van der Waals surface area contributed by atoms with Crippen molar-refractivity contribution in [2.24, 2.45) is 5.92 Å². The Labute approximate surface area is 136 Å². The summed E-state index contributed by atoms with van der Waals surface area (Å²) in [6.07, 6.45) is 2.55. The van der Waals surface area contributed by atoms with Crippen LogP contribution < -0.4 is 10.1 Å². The summed E-state index contributed by atoms with van der Waals surface area (Å²) in [7, 11) is 0. The van der Waals surface area contributed by atoms with Gasteiger partial charge in [0.1, 0.15) is 5.75 Å². The van der Waals surface area contributed by atoms with Gasteiger partial charge < -0.3 is 14.8 Å². The molecule has 1 aliphatic heterocycles. The van der Waals surface area contributed by atoms with Gasteiger partial charge in [-0.15, -0.1) is 0 Å². The Kier molecular flexibility index (Phi) is 6.52. The van der Waals surface area contributed by atoms with Crippen molar-refractivity contribution in [3.05, 3.63) is 28.2 Å². The number of hydrogen-bond acceptors (Lipinski definition) is 3. The average molecular weight is 356 g/mol. The van der Waals surface area contributed by atoms with E-state index in [0.717, 1.165) is 36.2 Å². The van der Waals surface area contributed by atoms with Crippen molar-refractivity contribution in [2.45, 2.75) is 45.8 Å². The lowest BCUT2D eigenvalue weighted by Crippen LogP contribution is -2.33. The van der Waals surface area contributed by atoms with Crippen LogP contribution in [0.2, 0.25) is 0 Å². The molecular weight excluding hydrogens is 330 g/mol. The minimum absolute atomic E-state index is 0.326. The zero-order chi connectivity index (χ0) is 15.2. The molecule has 3 atom stereocenters. The van der Waals surface area contributed by atoms with Crippen molar-refractivity contribution in [1.82, 2.24) is 5.32 Å². The van der Waals surface area contributed by atoms with Crippen LogP contribution >= 0.6 is 15.9 Å². The quantitative estimate of drug-likeness (QED) is 0.790. The van der Waals surface area contributed by atoms with E-state index in [0.29, 0.717) is 24.7 Å². The van der Waals surface area contributed by atoms with Crippen molar-refractivity contribution < 1.29 is 9.47 Å². The summed E-state index contributed by atoms with van der Waals surface area (Å²) < 4.78 is 12.6. The summed E-state index contributed by atoms with van der Waals surface area (Å²) >= 11 is 3.72. The molecule has 0 bridgehead atoms. The van der Waals surface area contributed by atoms with Gasteiger partial charge in [0.25, 0.3) is 0 Å². The molecule has 1 aromatic rings. The van der Waals surface area contributed by atoms with E-state index in [1.54, 1.807) is 0 Å². The lowest BCUT2D eigenvalue weighted by Gasteiger charge is -2.29. The van der Waals surface area contributed by atoms with Gasteiger partial charge in [0.15, 0.2) is 0 Å². The fourth-order valence-electron chi connectivity index (χ4n) is 3.20. The molecule has 118 valence electrons. The minimum Gasteiger partial charge on any atom is -0.494 e. The van der Waals surface area contributed by atoms with E-state index >= 15 is 0 Å². The summed E-state index contributed by atoms with van der Waals surface area (Å²) in [4.78, 5) is 0. The summed E-state index contributed by atoms with van der Waals surface area (Å²) in [6, 6.07) is 6.63. The van der Waals surface area contributed by atoms with Crippen molar-refractivity contribution in [1.29, 1.82) is 0 Å². The third kappa shape index (κ3) is 3.99. The standard InChI is InChI=1S/C17H26BrNO2/c1-4-16-14(9-10-21-16)17(19-5-2)13-8-7-12(20-6-3)11-15(13)18/h7-8,11,14,16-17,19H,4-6,9-10H2,1-3H3. The van der Waals surface area contributed by atoms with Crippen LogP contribution in [-0.2, 0) is 4.74 Å². The van der Waals surface area contributed by atoms with Crippen LogP contribution in [0.5, 0.6) is 5.75 Å². The van der Waals surface area contributed by atoms with Gasteiger partial charge in [-0.1, -0.05) is 35.8 Å². The predicted molar refractivity (Wildman–Crippen MR) is 89.9 cm³/mol. The van der Waals surface area contributed by atoms with Gasteiger partial charge >= 0.3 is 0 Å². The highest BCUT2D eigenvalue weighted by molar-refractivity contribution is 9.10. The van der Waals surface area contributed by atoms with Crippen LogP contribution in [0.3, 0.4) is 0 Å². The monoisotopic (exact) mass is 355 g/mol. The summed E-state index contributed by atoms with van der Waals surface area (Å²) in [6.45, 7) is 8.89. The Morgan fingerprint density at radius 3 is 2.81 bits per heavy atom. The predicted octanol–water partition coefficient (Wildman–Crippen LogP) is 4.31. The first-order chi connectivity index (χ1) is 10.2. The summed E-state index contributed by atoms with van der Waals surface area (Å²) in [5.74, 6) is 1.45. The maximum atomic E-state index is 5.89. The van der Waals surface area contributed by atoms with Crippen molar-refractivity contribution in [2.75, 3.05) is 19.8 Å². The highest BCUT2D eigenvalue weighted by atomic mass is 79.9. The van der Waals surface area contributed by atoms with E-state index in [9.17, 15) is 0 Å². The SMILES string of the molecule is CCNC(c1ccc(OCC)cc1Br)C1CCOC1CC. The fraction of sp³-hybridized carbons (Fsp3) is 0.647. The summed E-state index contributed by atoms with van der Waals surface area (Å²) in [5.41, 5.74) is 1.30. The molecule has 3 unspecified atom stereocenters. The molecule has 0 spiro atoms. The maximum Gasteiger partial charge on any atom is 0.120 e. The van der Waals surface area contributed by atoms with Gasteiger partial charge in [-0.25, -0.2) is 0 Å². The van der Waals surface area contributed by atoms with Gasteiger partial charge in [0.05, 0.1) is 12.7 Å². The number of ether oxygens (including phenoxy) is 2. The first-order valence-corrected chi connectivity index (χ1v) is 8.77. The van der Waals surface area contributed by atoms with E-state index in [-0.39, 0.29) is 0 Å². The second-order valence-corrected chi connectivity index (χ2v) is 6.28. The lowest BCUT2D eigenvalue weighted by atomic mass is 9.86. The minimum atomic E-state index is 0.326. The molecule has 0 aromatic heterocycles. The molecule has 1 aliphatic rings. The van der Waals surface area contributed by atoms with Gasteiger partial charge in [-0.2, -0.15) is 0 Å². The molecule has 2 rings (SSSR count). The first-order valence-electron chi connectivity index (χ1n) is 7.98. The largest absolute Gasteiger partial charge is 0.494 e. The Morgan fingerprint density at radius 2 is 2.19 bits per heavy atom. The third-order valence-corrected chi connectivity index (χ3v) is 4.82. The zero-order valence-corrected chi connectivity index (χ0v) is 14.8. The van der Waals surface area contributed by atoms with E-state index in [4.69, 9.17) is 9.47 Å². The highest BCUT2D eigenvalue weighted by Gasteiger charge is 2.34. The van der Waals surface area contributed by atoms with E-state index < -0.39 is 0 Å².